The predicted octanol–water partition coefficient (Wildman–Crippen LogP) is 4.46. The van der Waals surface area contributed by atoms with Crippen LogP contribution >= 0.6 is 22.9 Å². The van der Waals surface area contributed by atoms with Crippen molar-refractivity contribution in [3.63, 3.8) is 0 Å². The van der Waals surface area contributed by atoms with E-state index in [0.29, 0.717) is 9.90 Å². The van der Waals surface area contributed by atoms with Crippen molar-refractivity contribution in [2.45, 2.75) is 26.7 Å². The van der Waals surface area contributed by atoms with Crippen LogP contribution in [-0.2, 0) is 0 Å². The molecule has 2 rings (SSSR count). The van der Waals surface area contributed by atoms with Gasteiger partial charge in [0.2, 0.25) is 0 Å². The SMILES string of the molecule is CCCC(C)=NNC(=O)c1sc2ccccc2c1Cl. The van der Waals surface area contributed by atoms with Gasteiger partial charge in [-0.2, -0.15) is 5.10 Å². The maximum Gasteiger partial charge on any atom is 0.283 e. The van der Waals surface area contributed by atoms with E-state index in [1.54, 1.807) is 0 Å². The minimum atomic E-state index is -0.248. The summed E-state index contributed by atoms with van der Waals surface area (Å²) in [4.78, 5) is 12.6. The zero-order valence-electron chi connectivity index (χ0n) is 10.9. The van der Waals surface area contributed by atoms with Crippen molar-refractivity contribution in [3.8, 4) is 0 Å². The number of nitrogens with one attached hydrogen (secondary N) is 1. The lowest BCUT2D eigenvalue weighted by Crippen LogP contribution is -2.18. The van der Waals surface area contributed by atoms with E-state index in [4.69, 9.17) is 11.6 Å². The Kier molecular flexibility index (Phi) is 4.56. The lowest BCUT2D eigenvalue weighted by Gasteiger charge is -2.00. The second-order valence-electron chi connectivity index (χ2n) is 4.28. The Balaban J connectivity index is 2.22. The molecule has 0 spiro atoms. The molecule has 0 unspecified atom stereocenters. The molecule has 0 aliphatic carbocycles. The van der Waals surface area contributed by atoms with Crippen LogP contribution in [0.5, 0.6) is 0 Å². The average molecular weight is 295 g/mol. The molecule has 19 heavy (non-hydrogen) atoms. The van der Waals surface area contributed by atoms with Crippen LogP contribution in [-0.4, -0.2) is 11.6 Å². The minimum absolute atomic E-state index is 0.248. The van der Waals surface area contributed by atoms with Crippen LogP contribution in [0.4, 0.5) is 0 Å². The largest absolute Gasteiger partial charge is 0.283 e. The zero-order valence-corrected chi connectivity index (χ0v) is 12.4. The molecule has 0 saturated heterocycles. The molecule has 5 heteroatoms. The van der Waals surface area contributed by atoms with E-state index >= 15 is 0 Å². The van der Waals surface area contributed by atoms with E-state index in [0.717, 1.165) is 28.6 Å². The van der Waals surface area contributed by atoms with Gasteiger partial charge < -0.3 is 0 Å². The van der Waals surface area contributed by atoms with Gasteiger partial charge in [0.1, 0.15) is 4.88 Å². The fraction of sp³-hybridized carbons (Fsp3) is 0.286. The highest BCUT2D eigenvalue weighted by atomic mass is 35.5. The second-order valence-corrected chi connectivity index (χ2v) is 5.71. The summed E-state index contributed by atoms with van der Waals surface area (Å²) in [5.74, 6) is -0.248. The van der Waals surface area contributed by atoms with Crippen molar-refractivity contribution in [1.29, 1.82) is 0 Å². The molecular formula is C14H15ClN2OS. The van der Waals surface area contributed by atoms with Crippen molar-refractivity contribution in [3.05, 3.63) is 34.2 Å². The molecule has 1 heterocycles. The van der Waals surface area contributed by atoms with Crippen molar-refractivity contribution < 1.29 is 4.79 Å². The molecule has 1 aromatic heterocycles. The van der Waals surface area contributed by atoms with Crippen LogP contribution < -0.4 is 5.43 Å². The molecule has 1 N–H and O–H groups in total. The van der Waals surface area contributed by atoms with E-state index in [1.165, 1.54) is 11.3 Å². The van der Waals surface area contributed by atoms with Crippen molar-refractivity contribution in [2.75, 3.05) is 0 Å². The molecule has 1 amide bonds. The highest BCUT2D eigenvalue weighted by Gasteiger charge is 2.16. The number of fused-ring (bicyclic) bond motifs is 1. The molecule has 0 atom stereocenters. The fourth-order valence-corrected chi connectivity index (χ4v) is 3.18. The van der Waals surface area contributed by atoms with Crippen LogP contribution in [0.15, 0.2) is 29.4 Å². The summed E-state index contributed by atoms with van der Waals surface area (Å²) in [5.41, 5.74) is 3.47. The summed E-state index contributed by atoms with van der Waals surface area (Å²) in [6, 6.07) is 7.71. The van der Waals surface area contributed by atoms with E-state index < -0.39 is 0 Å². The third kappa shape index (κ3) is 3.14. The quantitative estimate of drug-likeness (QED) is 0.656. The summed E-state index contributed by atoms with van der Waals surface area (Å²) >= 11 is 7.61. The lowest BCUT2D eigenvalue weighted by molar-refractivity contribution is 0.0959. The molecule has 0 saturated carbocycles. The molecule has 3 nitrogen and oxygen atoms in total. The smallest absolute Gasteiger partial charge is 0.266 e. The number of nitrogens with zero attached hydrogens (tertiary/aromatic N) is 1. The van der Waals surface area contributed by atoms with E-state index in [1.807, 2.05) is 31.2 Å². The summed E-state index contributed by atoms with van der Waals surface area (Å²) < 4.78 is 1.01. The number of halogens is 1. The molecule has 2 aromatic rings. The first-order valence-corrected chi connectivity index (χ1v) is 7.33. The highest BCUT2D eigenvalue weighted by molar-refractivity contribution is 7.21. The number of rotatable bonds is 4. The Morgan fingerprint density at radius 1 is 1.42 bits per heavy atom. The predicted molar refractivity (Wildman–Crippen MR) is 82.3 cm³/mol. The van der Waals surface area contributed by atoms with Crippen LogP contribution in [0.25, 0.3) is 10.1 Å². The minimum Gasteiger partial charge on any atom is -0.266 e. The van der Waals surface area contributed by atoms with Gasteiger partial charge in [0.25, 0.3) is 5.91 Å². The highest BCUT2D eigenvalue weighted by Crippen LogP contribution is 2.34. The van der Waals surface area contributed by atoms with Crippen LogP contribution in [0.2, 0.25) is 5.02 Å². The number of benzene rings is 1. The van der Waals surface area contributed by atoms with Gasteiger partial charge in [-0.15, -0.1) is 11.3 Å². The monoisotopic (exact) mass is 294 g/mol. The van der Waals surface area contributed by atoms with Gasteiger partial charge in [-0.1, -0.05) is 43.1 Å². The summed E-state index contributed by atoms with van der Waals surface area (Å²) in [7, 11) is 0. The van der Waals surface area contributed by atoms with Crippen molar-refractivity contribution in [1.82, 2.24) is 5.43 Å². The number of hydrazone groups is 1. The summed E-state index contributed by atoms with van der Waals surface area (Å²) in [5, 5.41) is 5.48. The fourth-order valence-electron chi connectivity index (χ4n) is 1.77. The summed E-state index contributed by atoms with van der Waals surface area (Å²) in [6.45, 7) is 3.97. The van der Waals surface area contributed by atoms with Crippen LogP contribution in [0.3, 0.4) is 0 Å². The second kappa shape index (κ2) is 6.17. The molecular weight excluding hydrogens is 280 g/mol. The van der Waals surface area contributed by atoms with Crippen molar-refractivity contribution >= 4 is 44.6 Å². The number of carbonyl (C=O) groups excluding carboxylic acids is 1. The van der Waals surface area contributed by atoms with Gasteiger partial charge in [-0.05, 0) is 19.4 Å². The van der Waals surface area contributed by atoms with E-state index in [-0.39, 0.29) is 5.91 Å². The Hall–Kier alpha value is -1.39. The van der Waals surface area contributed by atoms with E-state index in [2.05, 4.69) is 17.5 Å². The number of amides is 1. The van der Waals surface area contributed by atoms with Crippen molar-refractivity contribution in [2.24, 2.45) is 5.10 Å². The Labute approximate surface area is 121 Å². The van der Waals surface area contributed by atoms with Gasteiger partial charge in [-0.25, -0.2) is 5.43 Å². The first kappa shape index (κ1) is 14.0. The standard InChI is InChI=1S/C14H15ClN2OS/c1-3-6-9(2)16-17-14(18)13-12(15)10-7-4-5-8-11(10)19-13/h4-5,7-8H,3,6H2,1-2H3,(H,17,18). The van der Waals surface area contributed by atoms with Gasteiger partial charge >= 0.3 is 0 Å². The van der Waals surface area contributed by atoms with Gasteiger partial charge in [-0.3, -0.25) is 4.79 Å². The number of hydrogen-bond donors (Lipinski definition) is 1. The number of hydrogen-bond acceptors (Lipinski definition) is 3. The third-order valence-electron chi connectivity index (χ3n) is 2.70. The molecule has 1 aromatic carbocycles. The zero-order chi connectivity index (χ0) is 13.8. The topological polar surface area (TPSA) is 41.5 Å². The molecule has 0 radical (unpaired) electrons. The Morgan fingerprint density at radius 3 is 2.84 bits per heavy atom. The first-order valence-electron chi connectivity index (χ1n) is 6.14. The van der Waals surface area contributed by atoms with Crippen LogP contribution in [0.1, 0.15) is 36.4 Å². The van der Waals surface area contributed by atoms with Gasteiger partial charge in [0.15, 0.2) is 0 Å². The van der Waals surface area contributed by atoms with Gasteiger partial charge in [0, 0.05) is 15.8 Å². The number of carbonyl (C=O) groups is 1. The van der Waals surface area contributed by atoms with Gasteiger partial charge in [0.05, 0.1) is 5.02 Å². The number of thiophene rings is 1. The molecule has 0 bridgehead atoms. The molecule has 0 aliphatic rings. The molecule has 100 valence electrons. The molecule has 0 fully saturated rings. The normalized spacial score (nSPS) is 11.8. The van der Waals surface area contributed by atoms with E-state index in [9.17, 15) is 4.79 Å². The maximum absolute atomic E-state index is 12.1. The first-order chi connectivity index (χ1) is 9.13. The molecule has 0 aliphatic heterocycles. The average Bonchev–Trinajstić information content (AvgIpc) is 2.74. The maximum atomic E-state index is 12.1. The third-order valence-corrected chi connectivity index (χ3v) is 4.38. The Bertz CT molecular complexity index is 633. The van der Waals surface area contributed by atoms with Crippen LogP contribution in [0, 0.1) is 0 Å². The lowest BCUT2D eigenvalue weighted by atomic mass is 10.2. The summed E-state index contributed by atoms with van der Waals surface area (Å²) in [6.07, 6.45) is 1.88. The Morgan fingerprint density at radius 2 is 2.16 bits per heavy atom.